The van der Waals surface area contributed by atoms with E-state index in [2.05, 4.69) is 42.8 Å². The lowest BCUT2D eigenvalue weighted by Gasteiger charge is -2.44. The molecule has 1 aromatic heterocycles. The summed E-state index contributed by atoms with van der Waals surface area (Å²) in [6.07, 6.45) is 4.97. The summed E-state index contributed by atoms with van der Waals surface area (Å²) in [4.78, 5) is 0. The van der Waals surface area contributed by atoms with Crippen molar-refractivity contribution in [2.45, 2.75) is 72.4 Å². The molecule has 1 aliphatic rings. The Morgan fingerprint density at radius 3 is 2.45 bits per heavy atom. The van der Waals surface area contributed by atoms with E-state index in [1.807, 2.05) is 6.92 Å². The van der Waals surface area contributed by atoms with Crippen molar-refractivity contribution in [1.29, 1.82) is 0 Å². The predicted octanol–water partition coefficient (Wildman–Crippen LogP) is 3.97. The molecular formula is C16H28ClN3. The number of aromatic nitrogens is 2. The van der Waals surface area contributed by atoms with Crippen LogP contribution in [-0.2, 0) is 13.0 Å². The third-order valence-electron chi connectivity index (χ3n) is 4.40. The molecule has 0 unspecified atom stereocenters. The van der Waals surface area contributed by atoms with Gasteiger partial charge in [-0.15, -0.1) is 0 Å². The topological polar surface area (TPSA) is 29.9 Å². The summed E-state index contributed by atoms with van der Waals surface area (Å²) < 4.78 is 2.08. The molecule has 1 N–H and O–H groups in total. The van der Waals surface area contributed by atoms with E-state index in [-0.39, 0.29) is 5.54 Å². The number of nitrogens with one attached hydrogen (secondary N) is 1. The lowest BCUT2D eigenvalue weighted by atomic mass is 9.65. The molecular weight excluding hydrogens is 270 g/mol. The maximum atomic E-state index is 6.47. The lowest BCUT2D eigenvalue weighted by Crippen LogP contribution is -2.48. The molecule has 0 aliphatic heterocycles. The molecule has 114 valence electrons. The minimum Gasteiger partial charge on any atom is -0.312 e. The van der Waals surface area contributed by atoms with E-state index in [1.54, 1.807) is 0 Å². The van der Waals surface area contributed by atoms with Crippen molar-refractivity contribution in [2.24, 2.45) is 5.41 Å². The number of nitrogens with zero attached hydrogens (tertiary/aromatic N) is 2. The minimum absolute atomic E-state index is 0.174. The molecule has 3 nitrogen and oxygen atoms in total. The Morgan fingerprint density at radius 1 is 1.35 bits per heavy atom. The van der Waals surface area contributed by atoms with Gasteiger partial charge in [0.05, 0.1) is 16.4 Å². The monoisotopic (exact) mass is 297 g/mol. The van der Waals surface area contributed by atoms with E-state index < -0.39 is 0 Å². The summed E-state index contributed by atoms with van der Waals surface area (Å²) in [7, 11) is 0. The van der Waals surface area contributed by atoms with Gasteiger partial charge in [0, 0.05) is 18.6 Å². The molecule has 1 saturated carbocycles. The highest BCUT2D eigenvalue weighted by Crippen LogP contribution is 2.44. The van der Waals surface area contributed by atoms with Crippen molar-refractivity contribution >= 4 is 11.6 Å². The standard InChI is InChI=1S/C16H28ClN3/c1-6-20-13(14(17)12(2)19-20)10-16(8-7-9-16)11-18-15(3,4)5/h18H,6-11H2,1-5H3. The first-order chi connectivity index (χ1) is 9.26. The summed E-state index contributed by atoms with van der Waals surface area (Å²) in [5.41, 5.74) is 2.73. The Labute approximate surface area is 128 Å². The maximum absolute atomic E-state index is 6.47. The SMILES string of the molecule is CCn1nc(C)c(Cl)c1CC1(CNC(C)(C)C)CCC1. The smallest absolute Gasteiger partial charge is 0.0847 e. The van der Waals surface area contributed by atoms with Gasteiger partial charge in [-0.25, -0.2) is 0 Å². The number of hydrogen-bond donors (Lipinski definition) is 1. The summed E-state index contributed by atoms with van der Waals surface area (Å²) in [6, 6.07) is 0. The van der Waals surface area contributed by atoms with Crippen molar-refractivity contribution in [3.05, 3.63) is 16.4 Å². The van der Waals surface area contributed by atoms with E-state index >= 15 is 0 Å². The normalized spacial score (nSPS) is 18.1. The number of rotatable bonds is 5. The second-order valence-corrected chi connectivity index (χ2v) is 7.67. The van der Waals surface area contributed by atoms with Gasteiger partial charge in [0.1, 0.15) is 0 Å². The van der Waals surface area contributed by atoms with Gasteiger partial charge in [0.15, 0.2) is 0 Å². The second kappa shape index (κ2) is 5.69. The molecule has 0 aromatic carbocycles. The predicted molar refractivity (Wildman–Crippen MR) is 85.4 cm³/mol. The summed E-state index contributed by atoms with van der Waals surface area (Å²) in [6.45, 7) is 12.8. The second-order valence-electron chi connectivity index (χ2n) is 7.30. The maximum Gasteiger partial charge on any atom is 0.0847 e. The van der Waals surface area contributed by atoms with Gasteiger partial charge in [-0.2, -0.15) is 5.10 Å². The molecule has 0 saturated heterocycles. The van der Waals surface area contributed by atoms with Gasteiger partial charge in [-0.1, -0.05) is 18.0 Å². The van der Waals surface area contributed by atoms with E-state index in [0.717, 1.165) is 30.2 Å². The molecule has 1 aliphatic carbocycles. The van der Waals surface area contributed by atoms with Gasteiger partial charge >= 0.3 is 0 Å². The number of aryl methyl sites for hydroxylation is 2. The van der Waals surface area contributed by atoms with E-state index in [9.17, 15) is 0 Å². The van der Waals surface area contributed by atoms with Crippen LogP contribution in [0.25, 0.3) is 0 Å². The van der Waals surface area contributed by atoms with Crippen LogP contribution < -0.4 is 5.32 Å². The van der Waals surface area contributed by atoms with Crippen molar-refractivity contribution in [3.8, 4) is 0 Å². The molecule has 1 heterocycles. The van der Waals surface area contributed by atoms with Gasteiger partial charge in [0.25, 0.3) is 0 Å². The Bertz CT molecular complexity index is 467. The highest BCUT2D eigenvalue weighted by molar-refractivity contribution is 6.31. The Balaban J connectivity index is 2.14. The highest BCUT2D eigenvalue weighted by atomic mass is 35.5. The van der Waals surface area contributed by atoms with Crippen LogP contribution in [0.15, 0.2) is 0 Å². The first kappa shape index (κ1) is 15.8. The highest BCUT2D eigenvalue weighted by Gasteiger charge is 2.39. The Kier molecular flexibility index (Phi) is 4.50. The van der Waals surface area contributed by atoms with Crippen LogP contribution in [0.2, 0.25) is 5.02 Å². The van der Waals surface area contributed by atoms with Crippen LogP contribution in [0.1, 0.15) is 58.3 Å². The molecule has 1 aromatic rings. The summed E-state index contributed by atoms with van der Waals surface area (Å²) in [5.74, 6) is 0. The zero-order chi connectivity index (χ0) is 15.0. The fraction of sp³-hybridized carbons (Fsp3) is 0.812. The Hall–Kier alpha value is -0.540. The van der Waals surface area contributed by atoms with E-state index in [0.29, 0.717) is 5.41 Å². The molecule has 0 spiro atoms. The van der Waals surface area contributed by atoms with Crippen molar-refractivity contribution in [3.63, 3.8) is 0 Å². The average Bonchev–Trinajstić information content (AvgIpc) is 2.58. The summed E-state index contributed by atoms with van der Waals surface area (Å²) >= 11 is 6.47. The molecule has 20 heavy (non-hydrogen) atoms. The number of halogens is 1. The molecule has 0 radical (unpaired) electrons. The number of hydrogen-bond acceptors (Lipinski definition) is 2. The van der Waals surface area contributed by atoms with Crippen molar-refractivity contribution in [1.82, 2.24) is 15.1 Å². The molecule has 0 amide bonds. The van der Waals surface area contributed by atoms with Gasteiger partial charge < -0.3 is 5.32 Å². The molecule has 1 fully saturated rings. The van der Waals surface area contributed by atoms with Crippen LogP contribution >= 0.6 is 11.6 Å². The van der Waals surface area contributed by atoms with Crippen molar-refractivity contribution in [2.75, 3.05) is 6.54 Å². The average molecular weight is 298 g/mol. The Morgan fingerprint density at radius 2 is 2.00 bits per heavy atom. The summed E-state index contributed by atoms with van der Waals surface area (Å²) in [5, 5.41) is 9.09. The first-order valence-corrected chi connectivity index (χ1v) is 8.11. The largest absolute Gasteiger partial charge is 0.312 e. The molecule has 0 bridgehead atoms. The van der Waals surface area contributed by atoms with Gasteiger partial charge in [-0.3, -0.25) is 4.68 Å². The van der Waals surface area contributed by atoms with Crippen LogP contribution in [0, 0.1) is 12.3 Å². The van der Waals surface area contributed by atoms with Gasteiger partial charge in [-0.05, 0) is 59.3 Å². The van der Waals surface area contributed by atoms with Crippen LogP contribution in [-0.4, -0.2) is 21.9 Å². The lowest BCUT2D eigenvalue weighted by molar-refractivity contribution is 0.115. The van der Waals surface area contributed by atoms with Crippen LogP contribution in [0.3, 0.4) is 0 Å². The van der Waals surface area contributed by atoms with Gasteiger partial charge in [0.2, 0.25) is 0 Å². The minimum atomic E-state index is 0.174. The van der Waals surface area contributed by atoms with Crippen LogP contribution in [0.5, 0.6) is 0 Å². The van der Waals surface area contributed by atoms with Crippen LogP contribution in [0.4, 0.5) is 0 Å². The first-order valence-electron chi connectivity index (χ1n) is 7.73. The van der Waals surface area contributed by atoms with E-state index in [4.69, 9.17) is 11.6 Å². The zero-order valence-corrected chi connectivity index (χ0v) is 14.3. The third kappa shape index (κ3) is 3.37. The third-order valence-corrected chi connectivity index (χ3v) is 4.89. The fourth-order valence-corrected chi connectivity index (χ4v) is 3.14. The quantitative estimate of drug-likeness (QED) is 0.891. The molecule has 0 atom stereocenters. The molecule has 2 rings (SSSR count). The van der Waals surface area contributed by atoms with Crippen molar-refractivity contribution < 1.29 is 0 Å². The fourth-order valence-electron chi connectivity index (χ4n) is 2.94. The molecule has 4 heteroatoms. The zero-order valence-electron chi connectivity index (χ0n) is 13.5. The van der Waals surface area contributed by atoms with E-state index in [1.165, 1.54) is 25.0 Å².